The molecule has 0 amide bonds. The molecular formula is C36H76N4S4. The van der Waals surface area contributed by atoms with Crippen LogP contribution in [0.25, 0.3) is 0 Å². The van der Waals surface area contributed by atoms with Crippen molar-refractivity contribution >= 4 is 45.7 Å². The van der Waals surface area contributed by atoms with E-state index in [0.29, 0.717) is 0 Å². The Morgan fingerprint density at radius 1 is 0.386 bits per heavy atom. The molecule has 0 saturated heterocycles. The summed E-state index contributed by atoms with van der Waals surface area (Å²) in [7, 11) is 0. The minimum Gasteiger partial charge on any atom is -0.253 e. The molecule has 0 aliphatic carbocycles. The fourth-order valence-electron chi connectivity index (χ4n) is 0.714. The van der Waals surface area contributed by atoms with Crippen molar-refractivity contribution in [2.45, 2.75) is 138 Å². The summed E-state index contributed by atoms with van der Waals surface area (Å²) in [5.41, 5.74) is 3.47. The van der Waals surface area contributed by atoms with Crippen molar-refractivity contribution in [3.05, 3.63) is 69.5 Å². The van der Waals surface area contributed by atoms with Crippen LogP contribution in [0, 0.1) is 23.7 Å². The van der Waals surface area contributed by atoms with E-state index in [9.17, 15) is 0 Å². The predicted octanol–water partition coefficient (Wildman–Crippen LogP) is 15.3. The Morgan fingerprint density at radius 3 is 0.886 bits per heavy atom. The highest BCUT2D eigenvalue weighted by molar-refractivity contribution is 7.07. The van der Waals surface area contributed by atoms with Crippen molar-refractivity contribution in [2.24, 2.45) is 23.7 Å². The van der Waals surface area contributed by atoms with E-state index in [1.54, 1.807) is 46.1 Å². The number of thiazole rings is 1. The van der Waals surface area contributed by atoms with Crippen LogP contribution in [0.3, 0.4) is 0 Å². The van der Waals surface area contributed by atoms with Crippen LogP contribution in [-0.4, -0.2) is 18.7 Å². The van der Waals surface area contributed by atoms with Crippen molar-refractivity contribution in [3.63, 3.8) is 0 Å². The lowest BCUT2D eigenvalue weighted by molar-refractivity contribution is 0.736. The molecule has 4 aromatic rings. The Hall–Kier alpha value is -1.48. The topological polar surface area (TPSA) is 51.6 Å². The number of hydrogen-bond acceptors (Lipinski definition) is 8. The van der Waals surface area contributed by atoms with E-state index in [2.05, 4.69) is 102 Å². The lowest BCUT2D eigenvalue weighted by Crippen LogP contribution is -1.66. The number of rotatable bonds is 0. The summed E-state index contributed by atoms with van der Waals surface area (Å²) in [6, 6.07) is 5.94. The van der Waals surface area contributed by atoms with Crippen LogP contribution in [0.4, 0.5) is 0 Å². The second-order valence-electron chi connectivity index (χ2n) is 9.67. The SMILES string of the molecule is CC.CC.CC.CC.CC(C)C.CC(C)C.CC(C)C.CC(C)C.c1ccsc1.c1cnsc1.c1cscn1.c1ncsn1. The quantitative estimate of drug-likeness (QED) is 0.184. The first-order valence-electron chi connectivity index (χ1n) is 16.3. The molecule has 0 bridgehead atoms. The first kappa shape index (κ1) is 61.5. The van der Waals surface area contributed by atoms with Crippen LogP contribution in [0.1, 0.15) is 138 Å². The fraction of sp³-hybridized carbons (Fsp3) is 0.667. The average molecular weight is 693 g/mol. The Bertz CT molecular complexity index is 502. The number of thiophene rings is 1. The van der Waals surface area contributed by atoms with Crippen molar-refractivity contribution in [1.29, 1.82) is 0 Å². The molecule has 4 rings (SSSR count). The average Bonchev–Trinajstić information content (AvgIpc) is 3.83. The summed E-state index contributed by atoms with van der Waals surface area (Å²) in [6.45, 7) is 42.0. The Morgan fingerprint density at radius 2 is 0.795 bits per heavy atom. The highest BCUT2D eigenvalue weighted by atomic mass is 32.1. The zero-order valence-corrected chi connectivity index (χ0v) is 35.9. The summed E-state index contributed by atoms with van der Waals surface area (Å²) in [6.07, 6.45) is 5.06. The molecule has 8 heteroatoms. The van der Waals surface area contributed by atoms with Gasteiger partial charge in [-0.2, -0.15) is 15.7 Å². The molecule has 0 unspecified atom stereocenters. The van der Waals surface area contributed by atoms with Crippen molar-refractivity contribution in [2.75, 3.05) is 0 Å². The third kappa shape index (κ3) is 185. The molecule has 0 aliphatic heterocycles. The standard InChI is InChI=1S/C4H4S.4C4H10.2C3H3NS.C2H2N2S.4C2H6/c1-2-4-5-3-1;4*1-4(2)3;1-2-5-3-4-1;1-2-4-5-3-1;1-3-2-5-4-1;4*1-2/h1-4H;4*4H,1-3H3;2*1-3H;1-2H;4*1-2H3. The van der Waals surface area contributed by atoms with Gasteiger partial charge in [-0.3, -0.25) is 4.98 Å². The van der Waals surface area contributed by atoms with Gasteiger partial charge in [0.15, 0.2) is 0 Å². The van der Waals surface area contributed by atoms with Crippen LogP contribution in [0.5, 0.6) is 0 Å². The Kier molecular flexibility index (Phi) is 102. The number of aromatic nitrogens is 4. The summed E-state index contributed by atoms with van der Waals surface area (Å²) in [5.74, 6) is 3.33. The molecule has 0 aromatic carbocycles. The van der Waals surface area contributed by atoms with Crippen LogP contribution < -0.4 is 0 Å². The highest BCUT2D eigenvalue weighted by Gasteiger charge is 1.69. The Balaban J connectivity index is -0.0000000545. The first-order chi connectivity index (χ1) is 20.9. The zero-order chi connectivity index (χ0) is 36.5. The first-order valence-corrected chi connectivity index (χ1v) is 19.8. The monoisotopic (exact) mass is 692 g/mol. The molecule has 0 aliphatic rings. The molecule has 264 valence electrons. The van der Waals surface area contributed by atoms with E-state index in [1.165, 1.54) is 29.4 Å². The van der Waals surface area contributed by atoms with Gasteiger partial charge in [-0.15, -0.1) is 11.3 Å². The summed E-state index contributed by atoms with van der Waals surface area (Å²) >= 11 is 6.13. The third-order valence-electron chi connectivity index (χ3n) is 1.40. The van der Waals surface area contributed by atoms with Gasteiger partial charge in [0, 0.05) is 23.2 Å². The summed E-state index contributed by atoms with van der Waals surface area (Å²) in [5, 5.41) is 7.94. The van der Waals surface area contributed by atoms with Crippen LogP contribution in [-0.2, 0) is 0 Å². The number of hydrogen-bond donors (Lipinski definition) is 0. The van der Waals surface area contributed by atoms with Gasteiger partial charge in [0.2, 0.25) is 0 Å². The van der Waals surface area contributed by atoms with Crippen molar-refractivity contribution in [1.82, 2.24) is 18.7 Å². The number of nitrogens with zero attached hydrogens (tertiary/aromatic N) is 4. The van der Waals surface area contributed by atoms with E-state index >= 15 is 0 Å². The maximum absolute atomic E-state index is 3.76. The molecule has 4 aromatic heterocycles. The van der Waals surface area contributed by atoms with Gasteiger partial charge in [-0.05, 0) is 63.6 Å². The largest absolute Gasteiger partial charge is 0.253 e. The maximum Gasteiger partial charge on any atom is 0.129 e. The normalized spacial score (nSPS) is 7.45. The second-order valence-corrected chi connectivity index (χ2v) is 12.6. The summed E-state index contributed by atoms with van der Waals surface area (Å²) in [4.78, 5) is 7.37. The third-order valence-corrected chi connectivity index (χ3v) is 3.51. The van der Waals surface area contributed by atoms with Gasteiger partial charge in [0.1, 0.15) is 11.8 Å². The zero-order valence-electron chi connectivity index (χ0n) is 32.7. The van der Waals surface area contributed by atoms with Crippen molar-refractivity contribution in [3.8, 4) is 0 Å². The fourth-order valence-corrected chi connectivity index (χ4v) is 2.14. The van der Waals surface area contributed by atoms with E-state index < -0.39 is 0 Å². The van der Waals surface area contributed by atoms with Gasteiger partial charge in [0.25, 0.3) is 0 Å². The molecule has 0 fully saturated rings. The minimum absolute atomic E-state index is 0.833. The smallest absolute Gasteiger partial charge is 0.129 e. The molecule has 0 atom stereocenters. The lowest BCUT2D eigenvalue weighted by atomic mass is 10.3. The summed E-state index contributed by atoms with van der Waals surface area (Å²) < 4.78 is 7.42. The van der Waals surface area contributed by atoms with E-state index in [0.717, 1.165) is 23.7 Å². The maximum atomic E-state index is 3.76. The van der Waals surface area contributed by atoms with Gasteiger partial charge in [-0.1, -0.05) is 151 Å². The molecule has 44 heavy (non-hydrogen) atoms. The molecule has 0 radical (unpaired) electrons. The Labute approximate surface area is 294 Å². The highest BCUT2D eigenvalue weighted by Crippen LogP contribution is 1.91. The van der Waals surface area contributed by atoms with Gasteiger partial charge in [0.05, 0.1) is 5.51 Å². The van der Waals surface area contributed by atoms with Gasteiger partial charge < -0.3 is 0 Å². The molecule has 0 saturated carbocycles. The van der Waals surface area contributed by atoms with Crippen LogP contribution in [0.15, 0.2) is 69.5 Å². The van der Waals surface area contributed by atoms with E-state index in [-0.39, 0.29) is 0 Å². The van der Waals surface area contributed by atoms with E-state index in [1.807, 2.05) is 95.1 Å². The molecule has 0 N–H and O–H groups in total. The van der Waals surface area contributed by atoms with Crippen LogP contribution >= 0.6 is 45.7 Å². The van der Waals surface area contributed by atoms with Gasteiger partial charge >= 0.3 is 0 Å². The predicted molar refractivity (Wildman–Crippen MR) is 216 cm³/mol. The van der Waals surface area contributed by atoms with Crippen LogP contribution in [0.2, 0.25) is 0 Å². The van der Waals surface area contributed by atoms with E-state index in [4.69, 9.17) is 0 Å². The van der Waals surface area contributed by atoms with Crippen molar-refractivity contribution < 1.29 is 0 Å². The second kappa shape index (κ2) is 73.2. The molecule has 4 heterocycles. The van der Waals surface area contributed by atoms with Gasteiger partial charge in [-0.25, -0.2) is 9.36 Å². The molecular weight excluding hydrogens is 617 g/mol. The minimum atomic E-state index is 0.833. The lowest BCUT2D eigenvalue weighted by Gasteiger charge is -1.79. The molecule has 4 nitrogen and oxygen atoms in total. The molecule has 0 spiro atoms.